The van der Waals surface area contributed by atoms with Gasteiger partial charge in [-0.25, -0.2) is 0 Å². The van der Waals surface area contributed by atoms with E-state index in [9.17, 15) is 9.90 Å². The molecule has 0 spiro atoms. The molecule has 0 aliphatic rings. The third-order valence-corrected chi connectivity index (χ3v) is 2.37. The van der Waals surface area contributed by atoms with Crippen molar-refractivity contribution in [1.82, 2.24) is 4.90 Å². The number of aromatic hydroxyl groups is 2. The third kappa shape index (κ3) is 3.13. The first-order valence-electron chi connectivity index (χ1n) is 4.83. The molecule has 2 N–H and O–H groups in total. The minimum atomic E-state index is -0.274. The molecule has 0 saturated carbocycles. The number of hydrogen-bond donors (Lipinski definition) is 2. The van der Waals surface area contributed by atoms with Gasteiger partial charge in [0, 0.05) is 24.5 Å². The predicted molar refractivity (Wildman–Crippen MR) is 65.1 cm³/mol. The van der Waals surface area contributed by atoms with Crippen LogP contribution in [-0.4, -0.2) is 39.4 Å². The first kappa shape index (κ1) is 12.8. The van der Waals surface area contributed by atoms with Crippen LogP contribution in [0.5, 0.6) is 11.5 Å². The zero-order valence-electron chi connectivity index (χ0n) is 9.14. The van der Waals surface area contributed by atoms with E-state index >= 15 is 0 Å². The smallest absolute Gasteiger partial charge is 0.257 e. The molecule has 0 heterocycles. The van der Waals surface area contributed by atoms with Crippen LogP contribution in [-0.2, 0) is 0 Å². The molecule has 1 atom stereocenters. The van der Waals surface area contributed by atoms with Crippen molar-refractivity contribution in [2.45, 2.75) is 11.8 Å². The van der Waals surface area contributed by atoms with Crippen molar-refractivity contribution in [3.8, 4) is 11.5 Å². The lowest BCUT2D eigenvalue weighted by molar-refractivity contribution is 0.0794. The Bertz CT molecular complexity index is 393. The molecule has 0 aromatic heterocycles. The van der Waals surface area contributed by atoms with Crippen molar-refractivity contribution >= 4 is 21.8 Å². The summed E-state index contributed by atoms with van der Waals surface area (Å²) in [5, 5.41) is 18.6. The van der Waals surface area contributed by atoms with Crippen LogP contribution in [0, 0.1) is 0 Å². The largest absolute Gasteiger partial charge is 0.508 e. The van der Waals surface area contributed by atoms with Crippen LogP contribution in [0.1, 0.15) is 17.3 Å². The van der Waals surface area contributed by atoms with Crippen molar-refractivity contribution in [1.29, 1.82) is 0 Å². The summed E-state index contributed by atoms with van der Waals surface area (Å²) in [4.78, 5) is 13.6. The average molecular weight is 288 g/mol. The summed E-state index contributed by atoms with van der Waals surface area (Å²) in [5.41, 5.74) is 0.188. The van der Waals surface area contributed by atoms with E-state index < -0.39 is 0 Å². The summed E-state index contributed by atoms with van der Waals surface area (Å²) in [7, 11) is 1.66. The van der Waals surface area contributed by atoms with Crippen LogP contribution in [0.25, 0.3) is 0 Å². The molecule has 1 aromatic rings. The van der Waals surface area contributed by atoms with Gasteiger partial charge in [-0.2, -0.15) is 0 Å². The first-order valence-corrected chi connectivity index (χ1v) is 5.75. The average Bonchev–Trinajstić information content (AvgIpc) is 2.15. The van der Waals surface area contributed by atoms with Gasteiger partial charge in [0.05, 0.1) is 5.56 Å². The molecule has 0 radical (unpaired) electrons. The Morgan fingerprint density at radius 3 is 2.62 bits per heavy atom. The second-order valence-electron chi connectivity index (χ2n) is 3.67. The number of rotatable bonds is 3. The molecule has 0 saturated heterocycles. The third-order valence-electron chi connectivity index (χ3n) is 2.08. The molecule has 1 aromatic carbocycles. The second-order valence-corrected chi connectivity index (χ2v) is 5.23. The number of phenols is 2. The van der Waals surface area contributed by atoms with Gasteiger partial charge in [-0.1, -0.05) is 22.9 Å². The van der Waals surface area contributed by atoms with Crippen molar-refractivity contribution in [3.05, 3.63) is 23.8 Å². The van der Waals surface area contributed by atoms with Gasteiger partial charge in [0.1, 0.15) is 11.5 Å². The van der Waals surface area contributed by atoms with Crippen molar-refractivity contribution in [2.75, 3.05) is 13.6 Å². The zero-order chi connectivity index (χ0) is 12.3. The number of alkyl halides is 1. The molecule has 1 unspecified atom stereocenters. The monoisotopic (exact) mass is 287 g/mol. The lowest BCUT2D eigenvalue weighted by atomic mass is 10.1. The molecule has 4 nitrogen and oxygen atoms in total. The van der Waals surface area contributed by atoms with Gasteiger partial charge in [0.2, 0.25) is 0 Å². The van der Waals surface area contributed by atoms with Crippen LogP contribution in [0.15, 0.2) is 18.2 Å². The van der Waals surface area contributed by atoms with Crippen LogP contribution in [0.4, 0.5) is 0 Å². The van der Waals surface area contributed by atoms with Crippen LogP contribution in [0.2, 0.25) is 0 Å². The molecule has 16 heavy (non-hydrogen) atoms. The minimum absolute atomic E-state index is 0.0643. The molecule has 1 rings (SSSR count). The van der Waals surface area contributed by atoms with E-state index in [4.69, 9.17) is 5.11 Å². The molecule has 5 heteroatoms. The highest BCUT2D eigenvalue weighted by molar-refractivity contribution is 9.09. The summed E-state index contributed by atoms with van der Waals surface area (Å²) in [5.74, 6) is -0.548. The quantitative estimate of drug-likeness (QED) is 0.836. The van der Waals surface area contributed by atoms with Crippen LogP contribution < -0.4 is 0 Å². The highest BCUT2D eigenvalue weighted by Gasteiger charge is 2.16. The van der Waals surface area contributed by atoms with Gasteiger partial charge in [-0.05, 0) is 12.1 Å². The molecule has 0 aliphatic heterocycles. The van der Waals surface area contributed by atoms with Crippen molar-refractivity contribution < 1.29 is 15.0 Å². The number of phenolic OH excluding ortho intramolecular Hbond substituents is 2. The number of nitrogens with zero attached hydrogens (tertiary/aromatic N) is 1. The van der Waals surface area contributed by atoms with E-state index in [1.165, 1.54) is 17.0 Å². The molecule has 88 valence electrons. The SMILES string of the molecule is CC(Br)CN(C)C(=O)c1ccc(O)cc1O. The maximum atomic E-state index is 11.9. The van der Waals surface area contributed by atoms with E-state index in [1.54, 1.807) is 7.05 Å². The summed E-state index contributed by atoms with van der Waals surface area (Å²) >= 11 is 3.35. The van der Waals surface area contributed by atoms with Gasteiger partial charge in [-0.3, -0.25) is 4.79 Å². The van der Waals surface area contributed by atoms with E-state index in [1.807, 2.05) is 6.92 Å². The Hall–Kier alpha value is -1.23. The number of amides is 1. The van der Waals surface area contributed by atoms with Gasteiger partial charge >= 0.3 is 0 Å². The number of carbonyl (C=O) groups excluding carboxylic acids is 1. The van der Waals surface area contributed by atoms with E-state index in [0.717, 1.165) is 6.07 Å². The Morgan fingerprint density at radius 2 is 2.12 bits per heavy atom. The lowest BCUT2D eigenvalue weighted by Gasteiger charge is -2.19. The Morgan fingerprint density at radius 1 is 1.50 bits per heavy atom. The second kappa shape index (κ2) is 5.21. The normalized spacial score (nSPS) is 12.2. The number of halogens is 1. The topological polar surface area (TPSA) is 60.8 Å². The van der Waals surface area contributed by atoms with Gasteiger partial charge in [0.15, 0.2) is 0 Å². The predicted octanol–water partition coefficient (Wildman–Crippen LogP) is 1.95. The van der Waals surface area contributed by atoms with E-state index in [0.29, 0.717) is 6.54 Å². The van der Waals surface area contributed by atoms with E-state index in [-0.39, 0.29) is 27.8 Å². The maximum Gasteiger partial charge on any atom is 0.257 e. The fourth-order valence-corrected chi connectivity index (χ4v) is 1.80. The van der Waals surface area contributed by atoms with Crippen molar-refractivity contribution in [3.63, 3.8) is 0 Å². The molecule has 0 aliphatic carbocycles. The summed E-state index contributed by atoms with van der Waals surface area (Å²) in [6.07, 6.45) is 0. The first-order chi connectivity index (χ1) is 7.41. The van der Waals surface area contributed by atoms with Crippen LogP contribution in [0.3, 0.4) is 0 Å². The Kier molecular flexibility index (Phi) is 4.18. The lowest BCUT2D eigenvalue weighted by Crippen LogP contribution is -2.31. The summed E-state index contributed by atoms with van der Waals surface area (Å²) < 4.78 is 0. The fourth-order valence-electron chi connectivity index (χ4n) is 1.37. The molecule has 0 bridgehead atoms. The van der Waals surface area contributed by atoms with Crippen LogP contribution >= 0.6 is 15.9 Å². The Labute approximate surface area is 103 Å². The summed E-state index contributed by atoms with van der Waals surface area (Å²) in [6, 6.07) is 3.93. The van der Waals surface area contributed by atoms with Gasteiger partial charge in [0.25, 0.3) is 5.91 Å². The molecular formula is C11H14BrNO3. The zero-order valence-corrected chi connectivity index (χ0v) is 10.7. The number of carbonyl (C=O) groups is 1. The minimum Gasteiger partial charge on any atom is -0.508 e. The number of hydrogen-bond acceptors (Lipinski definition) is 3. The summed E-state index contributed by atoms with van der Waals surface area (Å²) in [6.45, 7) is 2.47. The highest BCUT2D eigenvalue weighted by atomic mass is 79.9. The van der Waals surface area contributed by atoms with Gasteiger partial charge < -0.3 is 15.1 Å². The molecule has 1 amide bonds. The van der Waals surface area contributed by atoms with Gasteiger partial charge in [-0.15, -0.1) is 0 Å². The van der Waals surface area contributed by atoms with E-state index in [2.05, 4.69) is 15.9 Å². The molecular weight excluding hydrogens is 274 g/mol. The number of benzene rings is 1. The fraction of sp³-hybridized carbons (Fsp3) is 0.364. The highest BCUT2D eigenvalue weighted by Crippen LogP contribution is 2.23. The standard InChI is InChI=1S/C11H14BrNO3/c1-7(12)6-13(2)11(16)9-4-3-8(14)5-10(9)15/h3-5,7,14-15H,6H2,1-2H3. The van der Waals surface area contributed by atoms with Crippen molar-refractivity contribution in [2.24, 2.45) is 0 Å². The maximum absolute atomic E-state index is 11.9. The Balaban J connectivity index is 2.88. The molecule has 0 fully saturated rings.